The zero-order chi connectivity index (χ0) is 17.5. The maximum absolute atomic E-state index is 12.0. The zero-order valence-corrected chi connectivity index (χ0v) is 15.3. The van der Waals surface area contributed by atoms with E-state index < -0.39 is 15.7 Å². The number of nitrogens with zero attached hydrogens (tertiary/aromatic N) is 3. The molecule has 1 amide bonds. The Hall–Kier alpha value is -1.27. The van der Waals surface area contributed by atoms with Crippen LogP contribution in [-0.2, 0) is 14.6 Å². The number of thioether (sulfide) groups is 1. The van der Waals surface area contributed by atoms with Crippen molar-refractivity contribution in [3.05, 3.63) is 28.2 Å². The number of rotatable bonds is 2. The number of sulfone groups is 1. The third-order valence-electron chi connectivity index (χ3n) is 3.71. The Balaban J connectivity index is 2.07. The summed E-state index contributed by atoms with van der Waals surface area (Å²) in [7, 11) is -3.16. The van der Waals surface area contributed by atoms with E-state index in [1.807, 2.05) is 0 Å². The molecule has 1 aromatic carbocycles. The first kappa shape index (κ1) is 17.5. The first-order valence-corrected chi connectivity index (χ1v) is 10.4. The van der Waals surface area contributed by atoms with E-state index in [4.69, 9.17) is 28.5 Å². The van der Waals surface area contributed by atoms with Gasteiger partial charge in [-0.1, -0.05) is 41.0 Å². The predicted octanol–water partition coefficient (Wildman–Crippen LogP) is 2.51. The summed E-state index contributed by atoms with van der Waals surface area (Å²) in [5.41, 5.74) is 0.504. The Kier molecular flexibility index (Phi) is 4.80. The zero-order valence-electron chi connectivity index (χ0n) is 12.1. The van der Waals surface area contributed by atoms with E-state index >= 15 is 0 Å². The number of amides is 1. The lowest BCUT2D eigenvalue weighted by Gasteiger charge is -2.25. The third-order valence-corrected chi connectivity index (χ3v) is 7.73. The van der Waals surface area contributed by atoms with Gasteiger partial charge in [0, 0.05) is 5.25 Å². The number of nitriles is 1. The summed E-state index contributed by atoms with van der Waals surface area (Å²) in [5.74, 6) is -0.604. The maximum Gasteiger partial charge on any atom is 0.262 e. The molecule has 0 aromatic heterocycles. The van der Waals surface area contributed by atoms with Crippen molar-refractivity contribution in [1.29, 1.82) is 5.26 Å². The predicted molar refractivity (Wildman–Crippen MR) is 95.4 cm³/mol. The highest BCUT2D eigenvalue weighted by Gasteiger charge is 2.49. The van der Waals surface area contributed by atoms with Crippen LogP contribution in [0.15, 0.2) is 23.2 Å². The van der Waals surface area contributed by atoms with E-state index in [1.165, 1.54) is 11.8 Å². The van der Waals surface area contributed by atoms with E-state index in [0.29, 0.717) is 15.9 Å². The number of amidine groups is 1. The molecule has 2 aliphatic rings. The number of halogens is 2. The lowest BCUT2D eigenvalue weighted by molar-refractivity contribution is -0.116. The highest BCUT2D eigenvalue weighted by molar-refractivity contribution is 8.16. The largest absolute Gasteiger partial charge is 0.314 e. The molecule has 0 spiro atoms. The van der Waals surface area contributed by atoms with Crippen molar-refractivity contribution >= 4 is 61.6 Å². The molecule has 0 radical (unpaired) electrons. The van der Waals surface area contributed by atoms with Gasteiger partial charge in [-0.2, -0.15) is 10.3 Å². The number of anilines is 1. The van der Waals surface area contributed by atoms with Gasteiger partial charge in [0.2, 0.25) is 0 Å². The van der Waals surface area contributed by atoms with Crippen molar-refractivity contribution in [2.24, 2.45) is 4.99 Å². The van der Waals surface area contributed by atoms with Gasteiger partial charge < -0.3 is 4.90 Å². The molecule has 126 valence electrons. The highest BCUT2D eigenvalue weighted by atomic mass is 35.5. The van der Waals surface area contributed by atoms with Crippen LogP contribution >= 0.6 is 35.0 Å². The van der Waals surface area contributed by atoms with Crippen LogP contribution in [0, 0.1) is 11.3 Å². The molecule has 1 aromatic rings. The quantitative estimate of drug-likeness (QED) is 0.753. The molecule has 6 nitrogen and oxygen atoms in total. The van der Waals surface area contributed by atoms with Gasteiger partial charge >= 0.3 is 0 Å². The minimum Gasteiger partial charge on any atom is -0.314 e. The summed E-state index contributed by atoms with van der Waals surface area (Å²) in [6.45, 7) is 0. The van der Waals surface area contributed by atoms with Crippen LogP contribution in [0.4, 0.5) is 5.69 Å². The van der Waals surface area contributed by atoms with Gasteiger partial charge in [0.15, 0.2) is 15.0 Å². The van der Waals surface area contributed by atoms with Gasteiger partial charge in [0.05, 0.1) is 39.3 Å². The van der Waals surface area contributed by atoms with Gasteiger partial charge in [0.25, 0.3) is 5.91 Å². The first-order chi connectivity index (χ1) is 11.3. The van der Waals surface area contributed by atoms with Crippen molar-refractivity contribution in [3.8, 4) is 6.07 Å². The van der Waals surface area contributed by atoms with E-state index in [9.17, 15) is 13.2 Å². The fraction of sp³-hybridized carbons (Fsp3) is 0.357. The Morgan fingerprint density at radius 3 is 2.88 bits per heavy atom. The Labute approximate surface area is 153 Å². The first-order valence-electron chi connectivity index (χ1n) is 6.91. The molecule has 0 aliphatic carbocycles. The molecular weight excluding hydrogens is 393 g/mol. The number of hydrogen-bond acceptors (Lipinski definition) is 5. The minimum atomic E-state index is -3.16. The van der Waals surface area contributed by atoms with Crippen LogP contribution in [0.3, 0.4) is 0 Å². The summed E-state index contributed by atoms with van der Waals surface area (Å²) in [4.78, 5) is 17.4. The van der Waals surface area contributed by atoms with Gasteiger partial charge in [0.1, 0.15) is 6.42 Å². The number of carbonyl (C=O) groups is 1. The maximum atomic E-state index is 12.0. The van der Waals surface area contributed by atoms with Gasteiger partial charge in [-0.25, -0.2) is 8.42 Å². The summed E-state index contributed by atoms with van der Waals surface area (Å²) < 4.78 is 23.9. The molecule has 0 bridgehead atoms. The van der Waals surface area contributed by atoms with Crippen molar-refractivity contribution < 1.29 is 13.2 Å². The van der Waals surface area contributed by atoms with Gasteiger partial charge in [-0.15, -0.1) is 0 Å². The molecule has 0 saturated carbocycles. The number of benzene rings is 1. The van der Waals surface area contributed by atoms with Crippen molar-refractivity contribution in [3.63, 3.8) is 0 Å². The molecule has 3 rings (SSSR count). The smallest absolute Gasteiger partial charge is 0.262 e. The third kappa shape index (κ3) is 3.26. The van der Waals surface area contributed by atoms with E-state index in [0.717, 1.165) is 0 Å². The fourth-order valence-electron chi connectivity index (χ4n) is 2.74. The minimum absolute atomic E-state index is 0.0163. The number of hydrogen-bond donors (Lipinski definition) is 0. The topological polar surface area (TPSA) is 90.6 Å². The van der Waals surface area contributed by atoms with E-state index in [-0.39, 0.29) is 34.2 Å². The van der Waals surface area contributed by atoms with Crippen LogP contribution in [-0.4, -0.2) is 42.3 Å². The van der Waals surface area contributed by atoms with Gasteiger partial charge in [-0.05, 0) is 12.1 Å². The van der Waals surface area contributed by atoms with Gasteiger partial charge in [-0.3, -0.25) is 4.79 Å². The number of carbonyl (C=O) groups excluding carboxylic acids is 1. The second-order valence-corrected chi connectivity index (χ2v) is 9.51. The Bertz CT molecular complexity index is 880. The second-order valence-electron chi connectivity index (χ2n) is 5.37. The number of aliphatic imine (C=N–C) groups is 1. The molecule has 2 heterocycles. The molecule has 2 atom stereocenters. The second kappa shape index (κ2) is 6.56. The van der Waals surface area contributed by atoms with E-state index in [2.05, 4.69) is 4.99 Å². The standard InChI is InChI=1S/C14H11Cl2N3O3S2/c15-8-2-1-3-9(13(8)16)19-10-6-24(21,22)7-11(10)23-14(19)18-12(20)4-5-17/h1-3,10-11H,4,6-7H2/t10-,11+/m1/s1. The molecule has 10 heteroatoms. The average molecular weight is 404 g/mol. The molecule has 24 heavy (non-hydrogen) atoms. The summed E-state index contributed by atoms with van der Waals surface area (Å²) in [5, 5.41) is 9.33. The van der Waals surface area contributed by atoms with E-state index in [1.54, 1.807) is 29.2 Å². The van der Waals surface area contributed by atoms with Crippen molar-refractivity contribution in [1.82, 2.24) is 0 Å². The van der Waals surface area contributed by atoms with Crippen LogP contribution in [0.25, 0.3) is 0 Å². The lowest BCUT2D eigenvalue weighted by Crippen LogP contribution is -2.38. The lowest BCUT2D eigenvalue weighted by atomic mass is 10.2. The monoisotopic (exact) mass is 403 g/mol. The summed E-state index contributed by atoms with van der Waals surface area (Å²) in [6.07, 6.45) is -0.338. The van der Waals surface area contributed by atoms with Crippen LogP contribution in [0.5, 0.6) is 0 Å². The Morgan fingerprint density at radius 1 is 1.42 bits per heavy atom. The normalized spacial score (nSPS) is 26.4. The van der Waals surface area contributed by atoms with Crippen molar-refractivity contribution in [2.45, 2.75) is 17.7 Å². The molecule has 0 N–H and O–H groups in total. The van der Waals surface area contributed by atoms with Crippen LogP contribution in [0.1, 0.15) is 6.42 Å². The van der Waals surface area contributed by atoms with Crippen molar-refractivity contribution in [2.75, 3.05) is 16.4 Å². The fourth-order valence-corrected chi connectivity index (χ4v) is 7.05. The molecular formula is C14H11Cl2N3O3S2. The summed E-state index contributed by atoms with van der Waals surface area (Å²) >= 11 is 13.6. The summed E-state index contributed by atoms with van der Waals surface area (Å²) in [6, 6.07) is 6.40. The molecule has 2 aliphatic heterocycles. The Morgan fingerprint density at radius 2 is 2.17 bits per heavy atom. The van der Waals surface area contributed by atoms with Crippen LogP contribution in [0.2, 0.25) is 10.0 Å². The SMILES string of the molecule is N#CCC(=O)N=C1S[C@H]2CS(=O)(=O)C[C@H]2N1c1cccc(Cl)c1Cl. The highest BCUT2D eigenvalue weighted by Crippen LogP contribution is 2.44. The molecule has 0 unspecified atom stereocenters. The van der Waals surface area contributed by atoms with Crippen LogP contribution < -0.4 is 4.90 Å². The average Bonchev–Trinajstić information content (AvgIpc) is 2.94. The molecule has 2 fully saturated rings. The molecule has 2 saturated heterocycles. The number of fused-ring (bicyclic) bond motifs is 1.